The molecule has 0 unspecified atom stereocenters. The van der Waals surface area contributed by atoms with Crippen LogP contribution in [0.15, 0.2) is 10.4 Å². The third-order valence-corrected chi connectivity index (χ3v) is 3.95. The number of guanidine groups is 1. The van der Waals surface area contributed by atoms with Crippen molar-refractivity contribution < 1.29 is 0 Å². The lowest BCUT2D eigenvalue weighted by Crippen LogP contribution is -2.35. The van der Waals surface area contributed by atoms with E-state index in [-0.39, 0.29) is 0 Å². The average Bonchev–Trinajstić information content (AvgIpc) is 2.73. The second kappa shape index (κ2) is 7.92. The van der Waals surface area contributed by atoms with Crippen molar-refractivity contribution in [3.05, 3.63) is 16.1 Å². The summed E-state index contributed by atoms with van der Waals surface area (Å²) in [6, 6.07) is 0. The van der Waals surface area contributed by atoms with Crippen LogP contribution in [-0.2, 0) is 5.75 Å². The molecule has 0 aliphatic heterocycles. The largest absolute Gasteiger partial charge is 0.355 e. The Labute approximate surface area is 109 Å². The van der Waals surface area contributed by atoms with Crippen LogP contribution in [0.4, 0.5) is 0 Å². The number of nitrogens with one attached hydrogen (secondary N) is 2. The van der Waals surface area contributed by atoms with Crippen molar-refractivity contribution in [1.82, 2.24) is 15.6 Å². The zero-order valence-corrected chi connectivity index (χ0v) is 11.5. The van der Waals surface area contributed by atoms with Crippen LogP contribution in [0.5, 0.6) is 0 Å². The second-order valence-corrected chi connectivity index (χ2v) is 5.22. The highest BCUT2D eigenvalue weighted by molar-refractivity contribution is 7.98. The van der Waals surface area contributed by atoms with Gasteiger partial charge in [0, 0.05) is 36.2 Å². The van der Waals surface area contributed by atoms with Crippen molar-refractivity contribution in [2.45, 2.75) is 12.7 Å². The Morgan fingerprint density at radius 3 is 3.12 bits per heavy atom. The minimum Gasteiger partial charge on any atom is -0.355 e. The molecule has 1 rings (SSSR count). The number of hydrogen-bond acceptors (Lipinski definition) is 5. The van der Waals surface area contributed by atoms with Gasteiger partial charge in [0.1, 0.15) is 5.01 Å². The first-order valence-corrected chi connectivity index (χ1v) is 7.14. The lowest BCUT2D eigenvalue weighted by atomic mass is 10.6. The number of rotatable bonds is 5. The number of thioether (sulfide) groups is 1. The Balaban J connectivity index is 2.11. The Morgan fingerprint density at radius 2 is 2.53 bits per heavy atom. The first kappa shape index (κ1) is 13.8. The monoisotopic (exact) mass is 269 g/mol. The molecule has 5 nitrogen and oxygen atoms in total. The van der Waals surface area contributed by atoms with E-state index in [4.69, 9.17) is 5.26 Å². The summed E-state index contributed by atoms with van der Waals surface area (Å²) in [4.78, 5) is 8.28. The van der Waals surface area contributed by atoms with Crippen LogP contribution in [0.3, 0.4) is 0 Å². The van der Waals surface area contributed by atoms with E-state index in [1.54, 1.807) is 18.4 Å². The zero-order chi connectivity index (χ0) is 12.5. The molecule has 1 aromatic heterocycles. The van der Waals surface area contributed by atoms with Crippen LogP contribution in [0.2, 0.25) is 0 Å². The predicted molar refractivity (Wildman–Crippen MR) is 73.1 cm³/mol. The minimum absolute atomic E-state index is 0.512. The van der Waals surface area contributed by atoms with Crippen LogP contribution in [-0.4, -0.2) is 30.3 Å². The summed E-state index contributed by atoms with van der Waals surface area (Å²) in [5, 5.41) is 17.2. The first-order chi connectivity index (χ1) is 8.26. The fourth-order valence-corrected chi connectivity index (χ4v) is 2.81. The van der Waals surface area contributed by atoms with Gasteiger partial charge in [0.25, 0.3) is 0 Å². The molecule has 0 atom stereocenters. The van der Waals surface area contributed by atoms with Crippen LogP contribution in [0.1, 0.15) is 10.7 Å². The molecule has 1 aromatic rings. The summed E-state index contributed by atoms with van der Waals surface area (Å²) in [7, 11) is 1.64. The van der Waals surface area contributed by atoms with Gasteiger partial charge in [0.05, 0.1) is 0 Å². The van der Waals surface area contributed by atoms with Crippen molar-refractivity contribution >= 4 is 29.1 Å². The van der Waals surface area contributed by atoms with E-state index in [1.165, 1.54) is 0 Å². The number of hydrogen-bond donors (Lipinski definition) is 2. The smallest absolute Gasteiger partial charge is 0.204 e. The number of thiazole rings is 1. The van der Waals surface area contributed by atoms with Crippen molar-refractivity contribution in [3.8, 4) is 6.19 Å². The average molecular weight is 269 g/mol. The third kappa shape index (κ3) is 5.56. The highest BCUT2D eigenvalue weighted by Gasteiger charge is 1.99. The Bertz CT molecular complexity index is 407. The summed E-state index contributed by atoms with van der Waals surface area (Å²) in [5.74, 6) is 2.40. The number of nitriles is 1. The van der Waals surface area contributed by atoms with Gasteiger partial charge < -0.3 is 5.32 Å². The molecular formula is C10H15N5S2. The fraction of sp³-hybridized carbons (Fsp3) is 0.500. The van der Waals surface area contributed by atoms with Crippen molar-refractivity contribution in [2.75, 3.05) is 19.3 Å². The molecule has 0 saturated heterocycles. The molecular weight excluding hydrogens is 254 g/mol. The fourth-order valence-electron chi connectivity index (χ4n) is 1.10. The zero-order valence-electron chi connectivity index (χ0n) is 9.86. The maximum Gasteiger partial charge on any atom is 0.204 e. The van der Waals surface area contributed by atoms with E-state index < -0.39 is 0 Å². The quantitative estimate of drug-likeness (QED) is 0.277. The first-order valence-electron chi connectivity index (χ1n) is 5.10. The molecule has 0 bridgehead atoms. The van der Waals surface area contributed by atoms with E-state index in [2.05, 4.69) is 26.0 Å². The minimum atomic E-state index is 0.512. The highest BCUT2D eigenvalue weighted by atomic mass is 32.2. The van der Waals surface area contributed by atoms with Crippen LogP contribution < -0.4 is 10.6 Å². The van der Waals surface area contributed by atoms with Gasteiger partial charge in [0.2, 0.25) is 5.96 Å². The molecule has 0 aliphatic carbocycles. The van der Waals surface area contributed by atoms with E-state index in [9.17, 15) is 0 Å². The standard InChI is InChI=1S/C10H15N5S2/c1-8-5-17-9(15-8)6-16-4-3-13-10(12-2)14-7-11/h5H,3-4,6H2,1-2H3,(H2,12,13,14). The maximum absolute atomic E-state index is 8.43. The van der Waals surface area contributed by atoms with Crippen LogP contribution >= 0.6 is 23.1 Å². The topological polar surface area (TPSA) is 73.1 Å². The SMILES string of the molecule is CN=C(NC#N)NCCSCc1nc(C)cs1. The lowest BCUT2D eigenvalue weighted by molar-refractivity contribution is 0.931. The van der Waals surface area contributed by atoms with Gasteiger partial charge in [-0.3, -0.25) is 10.3 Å². The van der Waals surface area contributed by atoms with Gasteiger partial charge in [-0.25, -0.2) is 4.98 Å². The summed E-state index contributed by atoms with van der Waals surface area (Å²) < 4.78 is 0. The van der Waals surface area contributed by atoms with Gasteiger partial charge in [-0.05, 0) is 6.92 Å². The van der Waals surface area contributed by atoms with Gasteiger partial charge in [-0.15, -0.1) is 11.3 Å². The molecule has 0 aliphatic rings. The number of aryl methyl sites for hydroxylation is 1. The van der Waals surface area contributed by atoms with E-state index in [0.29, 0.717) is 5.96 Å². The van der Waals surface area contributed by atoms with Crippen molar-refractivity contribution in [2.24, 2.45) is 4.99 Å². The van der Waals surface area contributed by atoms with Gasteiger partial charge in [0.15, 0.2) is 6.19 Å². The summed E-state index contributed by atoms with van der Waals surface area (Å²) in [6.45, 7) is 2.78. The van der Waals surface area contributed by atoms with E-state index in [1.807, 2.05) is 24.9 Å². The Morgan fingerprint density at radius 1 is 1.71 bits per heavy atom. The number of aliphatic imine (C=N–C) groups is 1. The third-order valence-electron chi connectivity index (χ3n) is 1.83. The van der Waals surface area contributed by atoms with Gasteiger partial charge >= 0.3 is 0 Å². The predicted octanol–water partition coefficient (Wildman–Crippen LogP) is 1.33. The Kier molecular flexibility index (Phi) is 6.43. The van der Waals surface area contributed by atoms with E-state index >= 15 is 0 Å². The van der Waals surface area contributed by atoms with Gasteiger partial charge in [-0.2, -0.15) is 17.0 Å². The summed E-state index contributed by atoms with van der Waals surface area (Å²) >= 11 is 3.51. The molecule has 0 fully saturated rings. The highest BCUT2D eigenvalue weighted by Crippen LogP contribution is 2.15. The molecule has 0 radical (unpaired) electrons. The van der Waals surface area contributed by atoms with Crippen molar-refractivity contribution in [1.29, 1.82) is 5.26 Å². The molecule has 7 heteroatoms. The summed E-state index contributed by atoms with van der Waals surface area (Å²) in [6.07, 6.45) is 1.83. The molecule has 2 N–H and O–H groups in total. The lowest BCUT2D eigenvalue weighted by Gasteiger charge is -2.05. The van der Waals surface area contributed by atoms with Crippen LogP contribution in [0, 0.1) is 18.4 Å². The molecule has 0 saturated carbocycles. The number of nitrogens with zero attached hydrogens (tertiary/aromatic N) is 3. The molecule has 1 heterocycles. The Hall–Kier alpha value is -1.26. The van der Waals surface area contributed by atoms with E-state index in [0.717, 1.165) is 28.8 Å². The second-order valence-electron chi connectivity index (χ2n) is 3.17. The molecule has 0 amide bonds. The van der Waals surface area contributed by atoms with Crippen LogP contribution in [0.25, 0.3) is 0 Å². The normalized spacial score (nSPS) is 11.0. The van der Waals surface area contributed by atoms with Crippen molar-refractivity contribution in [3.63, 3.8) is 0 Å². The number of aromatic nitrogens is 1. The van der Waals surface area contributed by atoms with Gasteiger partial charge in [-0.1, -0.05) is 0 Å². The molecule has 0 aromatic carbocycles. The molecule has 17 heavy (non-hydrogen) atoms. The molecule has 0 spiro atoms. The maximum atomic E-state index is 8.43. The summed E-state index contributed by atoms with van der Waals surface area (Å²) in [5.41, 5.74) is 1.09. The molecule has 92 valence electrons.